The number of carbonyl (C=O) groups excluding carboxylic acids is 1. The van der Waals surface area contributed by atoms with Crippen molar-refractivity contribution in [3.05, 3.63) is 95.3 Å². The van der Waals surface area contributed by atoms with E-state index < -0.39 is 0 Å². The molecule has 1 amide bonds. The van der Waals surface area contributed by atoms with E-state index in [0.717, 1.165) is 28.1 Å². The van der Waals surface area contributed by atoms with Gasteiger partial charge in [-0.3, -0.25) is 9.78 Å². The van der Waals surface area contributed by atoms with Crippen molar-refractivity contribution in [3.63, 3.8) is 0 Å². The number of amides is 1. The summed E-state index contributed by atoms with van der Waals surface area (Å²) in [6, 6.07) is 22.7. The summed E-state index contributed by atoms with van der Waals surface area (Å²) in [4.78, 5) is 18.1. The van der Waals surface area contributed by atoms with Gasteiger partial charge in [0.05, 0.1) is 11.4 Å². The van der Waals surface area contributed by atoms with E-state index in [0.29, 0.717) is 24.4 Å². The number of aromatic nitrogens is 1. The Hall–Kier alpha value is -3.14. The topological polar surface area (TPSA) is 54.0 Å². The molecule has 2 aliphatic rings. The number of fused-ring (bicyclic) bond motifs is 1. The van der Waals surface area contributed by atoms with E-state index in [1.807, 2.05) is 60.8 Å². The average Bonchev–Trinajstić information content (AvgIpc) is 3.38. The third-order valence-corrected chi connectivity index (χ3v) is 7.29. The molecule has 2 aromatic carbocycles. The summed E-state index contributed by atoms with van der Waals surface area (Å²) in [5, 5.41) is 6.95. The van der Waals surface area contributed by atoms with Gasteiger partial charge in [-0.05, 0) is 54.0 Å². The van der Waals surface area contributed by atoms with Crippen LogP contribution in [0.1, 0.15) is 65.7 Å². The van der Waals surface area contributed by atoms with Crippen LogP contribution in [0.5, 0.6) is 0 Å². The van der Waals surface area contributed by atoms with Crippen molar-refractivity contribution >= 4 is 11.6 Å². The van der Waals surface area contributed by atoms with Crippen LogP contribution in [0.3, 0.4) is 0 Å². The first-order chi connectivity index (χ1) is 15.7. The Morgan fingerprint density at radius 3 is 2.56 bits per heavy atom. The van der Waals surface area contributed by atoms with Crippen LogP contribution in [0.15, 0.2) is 72.9 Å². The van der Waals surface area contributed by atoms with Gasteiger partial charge in [-0.25, -0.2) is 0 Å². The molecule has 0 bridgehead atoms. The van der Waals surface area contributed by atoms with E-state index in [-0.39, 0.29) is 11.8 Å². The number of rotatable bonds is 5. The molecule has 0 spiro atoms. The zero-order chi connectivity index (χ0) is 21.9. The molecule has 5 rings (SSSR count). The van der Waals surface area contributed by atoms with Crippen molar-refractivity contribution in [2.45, 2.75) is 51.1 Å². The largest absolute Gasteiger partial charge is 0.380 e. The van der Waals surface area contributed by atoms with Crippen LogP contribution in [0.2, 0.25) is 0 Å². The Kier molecular flexibility index (Phi) is 5.93. The highest BCUT2D eigenvalue weighted by molar-refractivity contribution is 5.96. The molecule has 32 heavy (non-hydrogen) atoms. The van der Waals surface area contributed by atoms with Gasteiger partial charge in [-0.15, -0.1) is 0 Å². The lowest BCUT2D eigenvalue weighted by atomic mass is 9.71. The second kappa shape index (κ2) is 9.15. The summed E-state index contributed by atoms with van der Waals surface area (Å²) in [7, 11) is 0. The smallest absolute Gasteiger partial charge is 0.251 e. The average molecular weight is 426 g/mol. The third-order valence-electron chi connectivity index (χ3n) is 7.29. The molecule has 4 heteroatoms. The molecule has 3 unspecified atom stereocenters. The summed E-state index contributed by atoms with van der Waals surface area (Å²) in [5.41, 5.74) is 5.10. The molecule has 1 fully saturated rings. The molecule has 0 radical (unpaired) electrons. The van der Waals surface area contributed by atoms with Crippen molar-refractivity contribution in [1.82, 2.24) is 10.3 Å². The van der Waals surface area contributed by atoms with Crippen LogP contribution in [0.4, 0.5) is 5.69 Å². The predicted molar refractivity (Wildman–Crippen MR) is 129 cm³/mol. The van der Waals surface area contributed by atoms with Gasteiger partial charge in [0, 0.05) is 30.3 Å². The van der Waals surface area contributed by atoms with E-state index in [9.17, 15) is 4.79 Å². The van der Waals surface area contributed by atoms with E-state index in [1.54, 1.807) is 0 Å². The lowest BCUT2D eigenvalue weighted by Crippen LogP contribution is -2.42. The fourth-order valence-corrected chi connectivity index (χ4v) is 5.70. The molecule has 0 saturated heterocycles. The lowest BCUT2D eigenvalue weighted by Gasteiger charge is -2.41. The lowest BCUT2D eigenvalue weighted by molar-refractivity contribution is 0.0949. The van der Waals surface area contributed by atoms with Crippen LogP contribution in [-0.4, -0.2) is 16.9 Å². The molecule has 3 aromatic rings. The summed E-state index contributed by atoms with van der Waals surface area (Å²) in [5.74, 6) is 1.10. The molecule has 1 aliphatic carbocycles. The quantitative estimate of drug-likeness (QED) is 0.546. The molecular weight excluding hydrogens is 394 g/mol. The number of carbonyl (C=O) groups is 1. The van der Waals surface area contributed by atoms with E-state index >= 15 is 0 Å². The van der Waals surface area contributed by atoms with E-state index in [2.05, 4.69) is 29.7 Å². The monoisotopic (exact) mass is 425 g/mol. The normalized spacial score (nSPS) is 22.7. The summed E-state index contributed by atoms with van der Waals surface area (Å²) < 4.78 is 0. The Morgan fingerprint density at radius 1 is 1.00 bits per heavy atom. The summed E-state index contributed by atoms with van der Waals surface area (Å²) in [6.07, 6.45) is 7.07. The first-order valence-electron chi connectivity index (χ1n) is 11.8. The number of hydrogen-bond donors (Lipinski definition) is 2. The van der Waals surface area contributed by atoms with Gasteiger partial charge in [-0.1, -0.05) is 68.3 Å². The highest BCUT2D eigenvalue weighted by Crippen LogP contribution is 2.46. The van der Waals surface area contributed by atoms with Gasteiger partial charge >= 0.3 is 0 Å². The Labute approximate surface area is 190 Å². The van der Waals surface area contributed by atoms with Crippen molar-refractivity contribution < 1.29 is 4.79 Å². The summed E-state index contributed by atoms with van der Waals surface area (Å²) >= 11 is 0. The molecule has 2 heterocycles. The molecule has 2 N–H and O–H groups in total. The first kappa shape index (κ1) is 20.7. The Balaban J connectivity index is 1.48. The minimum Gasteiger partial charge on any atom is -0.380 e. The van der Waals surface area contributed by atoms with Gasteiger partial charge in [0.2, 0.25) is 0 Å². The van der Waals surface area contributed by atoms with Crippen LogP contribution in [-0.2, 0) is 6.54 Å². The maximum atomic E-state index is 13.3. The van der Waals surface area contributed by atoms with Crippen LogP contribution < -0.4 is 10.6 Å². The minimum absolute atomic E-state index is 0.0231. The molecule has 3 atom stereocenters. The van der Waals surface area contributed by atoms with Crippen LogP contribution >= 0.6 is 0 Å². The van der Waals surface area contributed by atoms with Crippen molar-refractivity contribution in [3.8, 4) is 0 Å². The molecule has 1 aromatic heterocycles. The maximum Gasteiger partial charge on any atom is 0.251 e. The number of nitrogens with one attached hydrogen (secondary N) is 2. The molecule has 164 valence electrons. The minimum atomic E-state index is -0.0231. The fraction of sp³-hybridized carbons (Fsp3) is 0.357. The van der Waals surface area contributed by atoms with Gasteiger partial charge < -0.3 is 10.6 Å². The zero-order valence-corrected chi connectivity index (χ0v) is 18.6. The Bertz CT molecular complexity index is 1070. The van der Waals surface area contributed by atoms with Gasteiger partial charge in [0.1, 0.15) is 0 Å². The summed E-state index contributed by atoms with van der Waals surface area (Å²) in [6.45, 7) is 2.85. The molecule has 1 saturated carbocycles. The highest BCUT2D eigenvalue weighted by Gasteiger charge is 2.41. The first-order valence-corrected chi connectivity index (χ1v) is 11.8. The van der Waals surface area contributed by atoms with Crippen molar-refractivity contribution in [2.24, 2.45) is 11.8 Å². The number of hydrogen-bond acceptors (Lipinski definition) is 3. The standard InChI is InChI=1S/C28H31N3O/c1-19-25(27-24(16-9-17-29-27)31-26(19)21-12-5-6-13-21)22-14-7-8-15-23(22)28(32)30-18-20-10-3-2-4-11-20/h2-4,7-11,14-17,19,21,25-26,31H,5-6,12-13,18H2,1H3,(H,30,32). The molecule has 4 nitrogen and oxygen atoms in total. The number of nitrogens with zero attached hydrogens (tertiary/aromatic N) is 1. The second-order valence-corrected chi connectivity index (χ2v) is 9.24. The Morgan fingerprint density at radius 2 is 1.75 bits per heavy atom. The zero-order valence-electron chi connectivity index (χ0n) is 18.6. The van der Waals surface area contributed by atoms with Crippen LogP contribution in [0, 0.1) is 11.8 Å². The fourth-order valence-electron chi connectivity index (χ4n) is 5.70. The van der Waals surface area contributed by atoms with E-state index in [4.69, 9.17) is 4.98 Å². The predicted octanol–water partition coefficient (Wildman–Crippen LogP) is 5.76. The van der Waals surface area contributed by atoms with Crippen molar-refractivity contribution in [2.75, 3.05) is 5.32 Å². The van der Waals surface area contributed by atoms with Gasteiger partial charge in [0.15, 0.2) is 0 Å². The SMILES string of the molecule is CC1C(c2ccccc2C(=O)NCc2ccccc2)c2ncccc2NC1C1CCCC1. The van der Waals surface area contributed by atoms with Gasteiger partial charge in [-0.2, -0.15) is 0 Å². The maximum absolute atomic E-state index is 13.3. The third kappa shape index (κ3) is 4.02. The number of pyridine rings is 1. The number of benzene rings is 2. The molecular formula is C28H31N3O. The highest BCUT2D eigenvalue weighted by atomic mass is 16.1. The van der Waals surface area contributed by atoms with Crippen LogP contribution in [0.25, 0.3) is 0 Å². The molecule has 1 aliphatic heterocycles. The van der Waals surface area contributed by atoms with E-state index in [1.165, 1.54) is 25.7 Å². The number of anilines is 1. The van der Waals surface area contributed by atoms with Crippen molar-refractivity contribution in [1.29, 1.82) is 0 Å². The van der Waals surface area contributed by atoms with Gasteiger partial charge in [0.25, 0.3) is 5.91 Å². The second-order valence-electron chi connectivity index (χ2n) is 9.24.